The lowest BCUT2D eigenvalue weighted by molar-refractivity contribution is 0.0565. The van der Waals surface area contributed by atoms with E-state index in [4.69, 9.17) is 0 Å². The molecule has 1 atom stereocenters. The summed E-state index contributed by atoms with van der Waals surface area (Å²) in [6.45, 7) is -2.52. The molecule has 0 saturated carbocycles. The molecule has 0 saturated heterocycles. The van der Waals surface area contributed by atoms with Gasteiger partial charge in [0.15, 0.2) is 0 Å². The van der Waals surface area contributed by atoms with E-state index in [2.05, 4.69) is 9.84 Å². The minimum atomic E-state index is -2.74. The van der Waals surface area contributed by atoms with Gasteiger partial charge >= 0.3 is 18.6 Å². The molecule has 0 spiro atoms. The predicted molar refractivity (Wildman–Crippen MR) is 91.3 cm³/mol. The Kier molecular flexibility index (Phi) is 5.20. The third-order valence-electron chi connectivity index (χ3n) is 4.41. The molecule has 2 aromatic rings. The van der Waals surface area contributed by atoms with Gasteiger partial charge in [0, 0.05) is 18.3 Å². The second-order valence-corrected chi connectivity index (χ2v) is 5.96. The van der Waals surface area contributed by atoms with Gasteiger partial charge in [0.2, 0.25) is 0 Å². The van der Waals surface area contributed by atoms with Crippen LogP contribution in [0.1, 0.15) is 40.5 Å². The van der Waals surface area contributed by atoms with Crippen LogP contribution in [0.25, 0.3) is 5.57 Å². The normalized spacial score (nSPS) is 17.0. The van der Waals surface area contributed by atoms with E-state index in [0.29, 0.717) is 27.8 Å². The molecular weight excluding hydrogens is 360 g/mol. The molecule has 0 aliphatic carbocycles. The maximum atomic E-state index is 12.7. The zero-order valence-electron chi connectivity index (χ0n) is 14.4. The predicted octanol–water partition coefficient (Wildman–Crippen LogP) is 3.57. The molecule has 7 nitrogen and oxygen atoms in total. The van der Waals surface area contributed by atoms with E-state index in [-0.39, 0.29) is 6.54 Å². The standard InChI is InChI=1S/C18H17F2N3O4/c1-27-16(24)12-4-2-11(3-5-12)15-8-13(6-7-22(15)18(25)26)14-9-21-23(10-14)17(19)20/h2-5,8-10,15,17H,6-7H2,1H3,(H,25,26)/t15-/m0/s1. The van der Waals surface area contributed by atoms with Crippen LogP contribution in [-0.2, 0) is 4.74 Å². The van der Waals surface area contributed by atoms with Crippen molar-refractivity contribution in [2.75, 3.05) is 13.7 Å². The zero-order valence-corrected chi connectivity index (χ0v) is 14.4. The van der Waals surface area contributed by atoms with Crippen LogP contribution >= 0.6 is 0 Å². The van der Waals surface area contributed by atoms with Gasteiger partial charge in [-0.3, -0.25) is 4.90 Å². The summed E-state index contributed by atoms with van der Waals surface area (Å²) in [5.41, 5.74) is 2.27. The van der Waals surface area contributed by atoms with Crippen molar-refractivity contribution in [2.45, 2.75) is 19.0 Å². The Morgan fingerprint density at radius 2 is 2.00 bits per heavy atom. The molecule has 142 valence electrons. The van der Waals surface area contributed by atoms with Crippen LogP contribution in [0, 0.1) is 0 Å². The third kappa shape index (κ3) is 3.81. The van der Waals surface area contributed by atoms with Crippen LogP contribution in [0.15, 0.2) is 42.7 Å². The van der Waals surface area contributed by atoms with Gasteiger partial charge < -0.3 is 9.84 Å². The molecule has 0 radical (unpaired) electrons. The van der Waals surface area contributed by atoms with E-state index in [0.717, 1.165) is 5.57 Å². The van der Waals surface area contributed by atoms with Gasteiger partial charge in [-0.15, -0.1) is 0 Å². The lowest BCUT2D eigenvalue weighted by atomic mass is 9.93. The summed E-state index contributed by atoms with van der Waals surface area (Å²) in [5, 5.41) is 13.1. The van der Waals surface area contributed by atoms with Crippen LogP contribution < -0.4 is 0 Å². The molecule has 1 aromatic carbocycles. The monoisotopic (exact) mass is 377 g/mol. The number of alkyl halides is 2. The first-order valence-corrected chi connectivity index (χ1v) is 8.12. The molecule has 27 heavy (non-hydrogen) atoms. The number of halogens is 2. The molecule has 1 aromatic heterocycles. The molecule has 1 aliphatic rings. The number of carbonyl (C=O) groups excluding carboxylic acids is 1. The first kappa shape index (κ1) is 18.6. The number of ether oxygens (including phenoxy) is 1. The zero-order chi connectivity index (χ0) is 19.6. The highest BCUT2D eigenvalue weighted by molar-refractivity contribution is 5.89. The van der Waals surface area contributed by atoms with Crippen LogP contribution in [0.5, 0.6) is 0 Å². The molecule has 0 fully saturated rings. The Morgan fingerprint density at radius 1 is 1.30 bits per heavy atom. The number of benzene rings is 1. The number of esters is 1. The Labute approximate surface area is 153 Å². The van der Waals surface area contributed by atoms with Crippen molar-refractivity contribution in [3.05, 3.63) is 59.4 Å². The van der Waals surface area contributed by atoms with E-state index in [1.165, 1.54) is 24.4 Å². The topological polar surface area (TPSA) is 84.7 Å². The van der Waals surface area contributed by atoms with Crippen molar-refractivity contribution < 1.29 is 28.2 Å². The quantitative estimate of drug-likeness (QED) is 0.824. The highest BCUT2D eigenvalue weighted by atomic mass is 19.3. The van der Waals surface area contributed by atoms with Gasteiger partial charge in [0.1, 0.15) is 0 Å². The summed E-state index contributed by atoms with van der Waals surface area (Å²) < 4.78 is 30.7. The number of methoxy groups -OCH3 is 1. The SMILES string of the molecule is COC(=O)c1ccc([C@@H]2C=C(c3cnn(C(F)F)c3)CCN2C(=O)O)cc1. The molecular formula is C18H17F2N3O4. The first-order chi connectivity index (χ1) is 12.9. The first-order valence-electron chi connectivity index (χ1n) is 8.12. The fourth-order valence-electron chi connectivity index (χ4n) is 3.02. The van der Waals surface area contributed by atoms with Crippen molar-refractivity contribution in [1.82, 2.24) is 14.7 Å². The third-order valence-corrected chi connectivity index (χ3v) is 4.41. The summed E-state index contributed by atoms with van der Waals surface area (Å²) in [7, 11) is 1.28. The molecule has 2 heterocycles. The summed E-state index contributed by atoms with van der Waals surface area (Å²) in [6, 6.07) is 5.80. The van der Waals surface area contributed by atoms with Crippen LogP contribution in [0.4, 0.5) is 13.6 Å². The second-order valence-electron chi connectivity index (χ2n) is 5.96. The highest BCUT2D eigenvalue weighted by Gasteiger charge is 2.28. The fourth-order valence-corrected chi connectivity index (χ4v) is 3.02. The average molecular weight is 377 g/mol. The van der Waals surface area contributed by atoms with Crippen LogP contribution in [-0.4, -0.2) is 45.5 Å². The molecule has 1 aliphatic heterocycles. The number of nitrogens with zero attached hydrogens (tertiary/aromatic N) is 3. The summed E-state index contributed by atoms with van der Waals surface area (Å²) in [6.07, 6.45) is 3.60. The minimum absolute atomic E-state index is 0.213. The van der Waals surface area contributed by atoms with Crippen molar-refractivity contribution in [3.63, 3.8) is 0 Å². The number of aromatic nitrogens is 2. The van der Waals surface area contributed by atoms with E-state index in [9.17, 15) is 23.5 Å². The Bertz CT molecular complexity index is 877. The maximum Gasteiger partial charge on any atom is 0.408 e. The lowest BCUT2D eigenvalue weighted by Crippen LogP contribution is -2.36. The van der Waals surface area contributed by atoms with E-state index >= 15 is 0 Å². The fraction of sp³-hybridized carbons (Fsp3) is 0.278. The van der Waals surface area contributed by atoms with Crippen molar-refractivity contribution in [1.29, 1.82) is 0 Å². The van der Waals surface area contributed by atoms with Crippen LogP contribution in [0.3, 0.4) is 0 Å². The maximum absolute atomic E-state index is 12.7. The van der Waals surface area contributed by atoms with Gasteiger partial charge in [0.05, 0.1) is 24.9 Å². The molecule has 9 heteroatoms. The van der Waals surface area contributed by atoms with Gasteiger partial charge in [0.25, 0.3) is 0 Å². The van der Waals surface area contributed by atoms with E-state index in [1.807, 2.05) is 0 Å². The lowest BCUT2D eigenvalue weighted by Gasteiger charge is -2.32. The highest BCUT2D eigenvalue weighted by Crippen LogP contribution is 2.34. The second kappa shape index (κ2) is 7.56. The number of hydrogen-bond acceptors (Lipinski definition) is 4. The molecule has 1 amide bonds. The van der Waals surface area contributed by atoms with E-state index < -0.39 is 24.7 Å². The van der Waals surface area contributed by atoms with Crippen molar-refractivity contribution in [2.24, 2.45) is 0 Å². The molecule has 0 unspecified atom stereocenters. The smallest absolute Gasteiger partial charge is 0.408 e. The van der Waals surface area contributed by atoms with Crippen LogP contribution in [0.2, 0.25) is 0 Å². The summed E-state index contributed by atoms with van der Waals surface area (Å²) in [5.74, 6) is -0.490. The molecule has 1 N–H and O–H groups in total. The number of carboxylic acid groups (broad SMARTS) is 1. The largest absolute Gasteiger partial charge is 0.465 e. The van der Waals surface area contributed by atoms with E-state index in [1.54, 1.807) is 30.3 Å². The Balaban J connectivity index is 1.94. The summed E-state index contributed by atoms with van der Waals surface area (Å²) in [4.78, 5) is 24.4. The van der Waals surface area contributed by atoms with Gasteiger partial charge in [-0.25, -0.2) is 14.3 Å². The Morgan fingerprint density at radius 3 is 2.56 bits per heavy atom. The van der Waals surface area contributed by atoms with Gasteiger partial charge in [-0.1, -0.05) is 18.2 Å². The molecule has 0 bridgehead atoms. The average Bonchev–Trinajstić information content (AvgIpc) is 3.17. The van der Waals surface area contributed by atoms with Gasteiger partial charge in [-0.05, 0) is 29.7 Å². The minimum Gasteiger partial charge on any atom is -0.465 e. The number of carbonyl (C=O) groups is 2. The number of amides is 1. The summed E-state index contributed by atoms with van der Waals surface area (Å²) >= 11 is 0. The number of hydrogen-bond donors (Lipinski definition) is 1. The molecule has 3 rings (SSSR count). The Hall–Kier alpha value is -3.23. The van der Waals surface area contributed by atoms with Gasteiger partial charge in [-0.2, -0.15) is 13.9 Å². The van der Waals surface area contributed by atoms with Crippen molar-refractivity contribution in [3.8, 4) is 0 Å². The van der Waals surface area contributed by atoms with Crippen molar-refractivity contribution >= 4 is 17.6 Å². The number of rotatable bonds is 4.